The Labute approximate surface area is 153 Å². The fourth-order valence-electron chi connectivity index (χ4n) is 2.61. The van der Waals surface area contributed by atoms with Crippen LogP contribution in [-0.4, -0.2) is 13.4 Å². The zero-order valence-electron chi connectivity index (χ0n) is 14.8. The van der Waals surface area contributed by atoms with Gasteiger partial charge in [0.15, 0.2) is 0 Å². The van der Waals surface area contributed by atoms with Crippen molar-refractivity contribution in [3.05, 3.63) is 53.0 Å². The topological polar surface area (TPSA) is 59.1 Å². The number of sulfonamides is 1. The number of thiazole rings is 1. The highest BCUT2D eigenvalue weighted by atomic mass is 32.2. The van der Waals surface area contributed by atoms with Crippen LogP contribution in [0.2, 0.25) is 0 Å². The van der Waals surface area contributed by atoms with Crippen LogP contribution in [0.5, 0.6) is 0 Å². The summed E-state index contributed by atoms with van der Waals surface area (Å²) < 4.78 is 29.0. The summed E-state index contributed by atoms with van der Waals surface area (Å²) in [6, 6.07) is 12.6. The predicted molar refractivity (Wildman–Crippen MR) is 105 cm³/mol. The molecule has 6 heteroatoms. The van der Waals surface area contributed by atoms with E-state index in [-0.39, 0.29) is 10.3 Å². The zero-order chi connectivity index (χ0) is 18.2. The molecule has 1 heterocycles. The molecular weight excluding hydrogens is 352 g/mol. The number of fused-ring (bicyclic) bond motifs is 1. The second kappa shape index (κ2) is 6.42. The molecule has 0 unspecified atom stereocenters. The Morgan fingerprint density at radius 2 is 1.80 bits per heavy atom. The Kier molecular flexibility index (Phi) is 4.60. The molecule has 1 N–H and O–H groups in total. The molecule has 3 aromatic rings. The summed E-state index contributed by atoms with van der Waals surface area (Å²) in [5.74, 6) is 0. The van der Waals surface area contributed by atoms with E-state index < -0.39 is 10.0 Å². The highest BCUT2D eigenvalue weighted by molar-refractivity contribution is 7.92. The van der Waals surface area contributed by atoms with Crippen LogP contribution in [-0.2, 0) is 15.4 Å². The van der Waals surface area contributed by atoms with E-state index in [9.17, 15) is 8.42 Å². The van der Waals surface area contributed by atoms with Gasteiger partial charge in [-0.1, -0.05) is 32.9 Å². The smallest absolute Gasteiger partial charge is 0.261 e. The lowest BCUT2D eigenvalue weighted by molar-refractivity contribution is 0.506. The molecule has 25 heavy (non-hydrogen) atoms. The fraction of sp³-hybridized carbons (Fsp3) is 0.316. The maximum atomic E-state index is 12.6. The molecule has 0 fully saturated rings. The van der Waals surface area contributed by atoms with Crippen LogP contribution in [0.15, 0.2) is 47.4 Å². The largest absolute Gasteiger partial charge is 0.280 e. The zero-order valence-corrected chi connectivity index (χ0v) is 16.5. The Morgan fingerprint density at radius 1 is 1.12 bits per heavy atom. The van der Waals surface area contributed by atoms with Crippen molar-refractivity contribution < 1.29 is 8.42 Å². The average Bonchev–Trinajstić information content (AvgIpc) is 2.94. The maximum Gasteiger partial charge on any atom is 0.261 e. The van der Waals surface area contributed by atoms with Crippen LogP contribution in [0.3, 0.4) is 0 Å². The van der Waals surface area contributed by atoms with Gasteiger partial charge in [0.1, 0.15) is 0 Å². The summed E-state index contributed by atoms with van der Waals surface area (Å²) in [5.41, 5.74) is 2.50. The van der Waals surface area contributed by atoms with E-state index in [0.29, 0.717) is 5.69 Å². The van der Waals surface area contributed by atoms with Crippen LogP contribution >= 0.6 is 11.3 Å². The van der Waals surface area contributed by atoms with Gasteiger partial charge in [0.25, 0.3) is 10.0 Å². The molecule has 1 aromatic heterocycles. The lowest BCUT2D eigenvalue weighted by Crippen LogP contribution is -2.16. The molecule has 4 nitrogen and oxygen atoms in total. The van der Waals surface area contributed by atoms with E-state index in [1.807, 2.05) is 25.1 Å². The number of nitrogens with zero attached hydrogens (tertiary/aromatic N) is 1. The fourth-order valence-corrected chi connectivity index (χ4v) is 4.47. The number of nitrogens with one attached hydrogen (secondary N) is 1. The van der Waals surface area contributed by atoms with Gasteiger partial charge in [-0.05, 0) is 54.7 Å². The first-order valence-corrected chi connectivity index (χ1v) is 10.5. The summed E-state index contributed by atoms with van der Waals surface area (Å²) in [6.07, 6.45) is 0.990. The normalized spacial score (nSPS) is 12.5. The van der Waals surface area contributed by atoms with E-state index in [2.05, 4.69) is 30.5 Å². The van der Waals surface area contributed by atoms with Gasteiger partial charge in [0, 0.05) is 0 Å². The number of aromatic nitrogens is 1. The highest BCUT2D eigenvalue weighted by Crippen LogP contribution is 2.29. The van der Waals surface area contributed by atoms with E-state index >= 15 is 0 Å². The van der Waals surface area contributed by atoms with Gasteiger partial charge in [-0.25, -0.2) is 13.4 Å². The summed E-state index contributed by atoms with van der Waals surface area (Å²) in [4.78, 5) is 4.67. The third-order valence-corrected chi connectivity index (χ3v) is 6.93. The van der Waals surface area contributed by atoms with Gasteiger partial charge >= 0.3 is 0 Å². The molecular formula is C19H22N2O2S2. The van der Waals surface area contributed by atoms with Gasteiger partial charge in [0.05, 0.1) is 25.8 Å². The molecule has 0 saturated heterocycles. The van der Waals surface area contributed by atoms with Crippen molar-refractivity contribution in [3.63, 3.8) is 0 Å². The molecule has 0 radical (unpaired) electrons. The van der Waals surface area contributed by atoms with Gasteiger partial charge in [0.2, 0.25) is 0 Å². The Balaban J connectivity index is 1.87. The highest BCUT2D eigenvalue weighted by Gasteiger charge is 2.20. The van der Waals surface area contributed by atoms with E-state index in [0.717, 1.165) is 27.2 Å². The maximum absolute atomic E-state index is 12.6. The van der Waals surface area contributed by atoms with Crippen LogP contribution in [0.25, 0.3) is 10.2 Å². The van der Waals surface area contributed by atoms with Gasteiger partial charge < -0.3 is 0 Å². The lowest BCUT2D eigenvalue weighted by Gasteiger charge is -2.23. The number of hydrogen-bond donors (Lipinski definition) is 1. The van der Waals surface area contributed by atoms with Gasteiger partial charge in [-0.3, -0.25) is 4.72 Å². The minimum atomic E-state index is -3.62. The first kappa shape index (κ1) is 17.9. The molecule has 0 spiro atoms. The first-order valence-electron chi connectivity index (χ1n) is 8.22. The summed E-state index contributed by atoms with van der Waals surface area (Å²) in [7, 11) is -3.62. The van der Waals surface area contributed by atoms with Crippen molar-refractivity contribution in [3.8, 4) is 0 Å². The third-order valence-electron chi connectivity index (χ3n) is 4.58. The van der Waals surface area contributed by atoms with Crippen LogP contribution in [0.4, 0.5) is 5.69 Å². The Bertz CT molecular complexity index is 1000. The number of hydrogen-bond acceptors (Lipinski definition) is 4. The van der Waals surface area contributed by atoms with Crippen molar-refractivity contribution in [2.24, 2.45) is 0 Å². The molecule has 0 atom stereocenters. The minimum absolute atomic E-state index is 0.0310. The standard InChI is InChI=1S/C19H22N2O2S2/c1-5-19(3,4)14-6-9-16(10-7-14)25(22,23)21-15-8-11-18-17(12-15)20-13(2)24-18/h6-12,21H,5H2,1-4H3. The monoisotopic (exact) mass is 374 g/mol. The van der Waals surface area contributed by atoms with E-state index in [4.69, 9.17) is 0 Å². The molecule has 0 aliphatic rings. The second-order valence-corrected chi connectivity index (χ2v) is 9.70. The molecule has 0 aliphatic carbocycles. The molecule has 0 amide bonds. The van der Waals surface area contributed by atoms with Crippen LogP contribution < -0.4 is 4.72 Å². The molecule has 2 aromatic carbocycles. The molecule has 0 bridgehead atoms. The van der Waals surface area contributed by atoms with Gasteiger partial charge in [-0.15, -0.1) is 11.3 Å². The number of rotatable bonds is 5. The van der Waals surface area contributed by atoms with Crippen molar-refractivity contribution in [2.45, 2.75) is 44.4 Å². The number of anilines is 1. The average molecular weight is 375 g/mol. The molecule has 3 rings (SSSR count). The van der Waals surface area contributed by atoms with Crippen LogP contribution in [0.1, 0.15) is 37.8 Å². The van der Waals surface area contributed by atoms with E-state index in [1.165, 1.54) is 0 Å². The second-order valence-electron chi connectivity index (χ2n) is 6.78. The number of benzene rings is 2. The van der Waals surface area contributed by atoms with Crippen molar-refractivity contribution in [1.29, 1.82) is 0 Å². The SMILES string of the molecule is CCC(C)(C)c1ccc(S(=O)(=O)Nc2ccc3sc(C)nc3c2)cc1. The summed E-state index contributed by atoms with van der Waals surface area (Å²) in [6.45, 7) is 8.37. The summed E-state index contributed by atoms with van der Waals surface area (Å²) >= 11 is 1.59. The van der Waals surface area contributed by atoms with Crippen molar-refractivity contribution in [1.82, 2.24) is 4.98 Å². The number of aryl methyl sites for hydroxylation is 1. The lowest BCUT2D eigenvalue weighted by atomic mass is 9.82. The first-order chi connectivity index (χ1) is 11.7. The third kappa shape index (κ3) is 3.70. The quantitative estimate of drug-likeness (QED) is 0.676. The van der Waals surface area contributed by atoms with Crippen molar-refractivity contribution >= 4 is 37.3 Å². The molecule has 0 saturated carbocycles. The molecule has 0 aliphatic heterocycles. The Morgan fingerprint density at radius 3 is 2.44 bits per heavy atom. The van der Waals surface area contributed by atoms with E-state index in [1.54, 1.807) is 35.6 Å². The van der Waals surface area contributed by atoms with Crippen LogP contribution in [0, 0.1) is 6.92 Å². The predicted octanol–water partition coefficient (Wildman–Crippen LogP) is 5.09. The summed E-state index contributed by atoms with van der Waals surface area (Å²) in [5, 5.41) is 0.962. The molecule has 132 valence electrons. The van der Waals surface area contributed by atoms with Crippen molar-refractivity contribution in [2.75, 3.05) is 4.72 Å². The Hall–Kier alpha value is -1.92. The minimum Gasteiger partial charge on any atom is -0.280 e. The van der Waals surface area contributed by atoms with Gasteiger partial charge in [-0.2, -0.15) is 0 Å².